The third-order valence-corrected chi connectivity index (χ3v) is 6.15. The highest BCUT2D eigenvalue weighted by Crippen LogP contribution is 2.40. The Morgan fingerprint density at radius 1 is 1.38 bits per heavy atom. The number of hydrogen-bond donors (Lipinski definition) is 1. The highest BCUT2D eigenvalue weighted by Gasteiger charge is 2.23. The molecule has 2 heterocycles. The summed E-state index contributed by atoms with van der Waals surface area (Å²) in [6.07, 6.45) is 4.77. The monoisotopic (exact) mass is 321 g/mol. The number of hydrogen-bond acceptors (Lipinski definition) is 5. The summed E-state index contributed by atoms with van der Waals surface area (Å²) < 4.78 is 0. The van der Waals surface area contributed by atoms with E-state index in [0.29, 0.717) is 11.7 Å². The normalized spacial score (nSPS) is 18.4. The number of nitrogens with zero attached hydrogens (tertiary/aromatic N) is 2. The number of aromatic nitrogens is 2. The molecule has 3 nitrogen and oxygen atoms in total. The first-order valence-corrected chi connectivity index (χ1v) is 9.55. The van der Waals surface area contributed by atoms with Crippen molar-refractivity contribution in [1.29, 1.82) is 0 Å². The van der Waals surface area contributed by atoms with E-state index in [1.54, 1.807) is 11.8 Å². The largest absolute Gasteiger partial charge is 0.383 e. The zero-order chi connectivity index (χ0) is 15.0. The summed E-state index contributed by atoms with van der Waals surface area (Å²) in [5.41, 5.74) is 7.67. The highest BCUT2D eigenvalue weighted by atomic mass is 32.2. The molecular formula is C16H23N3S2. The van der Waals surface area contributed by atoms with Crippen LogP contribution in [0.4, 0.5) is 5.82 Å². The molecule has 0 aliphatic heterocycles. The van der Waals surface area contributed by atoms with Crippen LogP contribution in [-0.4, -0.2) is 15.7 Å². The second kappa shape index (κ2) is 6.13. The average Bonchev–Trinajstić information content (AvgIpc) is 2.76. The van der Waals surface area contributed by atoms with E-state index < -0.39 is 0 Å². The lowest BCUT2D eigenvalue weighted by Gasteiger charge is -2.18. The Labute approximate surface area is 134 Å². The van der Waals surface area contributed by atoms with Crippen molar-refractivity contribution >= 4 is 39.1 Å². The van der Waals surface area contributed by atoms with Crippen LogP contribution in [0.1, 0.15) is 44.1 Å². The van der Waals surface area contributed by atoms with Crippen LogP contribution >= 0.6 is 23.1 Å². The molecule has 114 valence electrons. The molecule has 5 heteroatoms. The van der Waals surface area contributed by atoms with Gasteiger partial charge in [-0.05, 0) is 43.1 Å². The maximum atomic E-state index is 6.24. The van der Waals surface area contributed by atoms with E-state index in [1.165, 1.54) is 29.7 Å². The molecule has 0 fully saturated rings. The fourth-order valence-electron chi connectivity index (χ4n) is 2.81. The van der Waals surface area contributed by atoms with Crippen LogP contribution in [-0.2, 0) is 12.8 Å². The Morgan fingerprint density at radius 3 is 2.95 bits per heavy atom. The first-order chi connectivity index (χ1) is 10.0. The van der Waals surface area contributed by atoms with Crippen LogP contribution in [0.2, 0.25) is 0 Å². The summed E-state index contributed by atoms with van der Waals surface area (Å²) in [5, 5.41) is 1.97. The van der Waals surface area contributed by atoms with Gasteiger partial charge in [0.1, 0.15) is 10.6 Å². The Morgan fingerprint density at radius 2 is 2.19 bits per heavy atom. The number of thioether (sulfide) groups is 1. The number of rotatable bonds is 4. The van der Waals surface area contributed by atoms with Crippen molar-refractivity contribution in [2.45, 2.75) is 51.6 Å². The maximum Gasteiger partial charge on any atom is 0.190 e. The molecule has 0 saturated carbocycles. The number of anilines is 1. The molecule has 0 bridgehead atoms. The fraction of sp³-hybridized carbons (Fsp3) is 0.625. The second-order valence-electron chi connectivity index (χ2n) is 6.45. The lowest BCUT2D eigenvalue weighted by molar-refractivity contribution is 0.508. The minimum absolute atomic E-state index is 0.679. The Hall–Kier alpha value is -0.810. The summed E-state index contributed by atoms with van der Waals surface area (Å²) in [7, 11) is 0. The number of thiophene rings is 1. The van der Waals surface area contributed by atoms with Gasteiger partial charge >= 0.3 is 0 Å². The Kier molecular flexibility index (Phi) is 4.41. The van der Waals surface area contributed by atoms with Gasteiger partial charge in [-0.1, -0.05) is 32.5 Å². The predicted octanol–water partition coefficient (Wildman–Crippen LogP) is 4.54. The van der Waals surface area contributed by atoms with Gasteiger partial charge in [-0.15, -0.1) is 11.3 Å². The van der Waals surface area contributed by atoms with Gasteiger partial charge in [0.2, 0.25) is 0 Å². The van der Waals surface area contributed by atoms with E-state index in [2.05, 4.69) is 25.8 Å². The van der Waals surface area contributed by atoms with E-state index in [1.807, 2.05) is 11.3 Å². The summed E-state index contributed by atoms with van der Waals surface area (Å²) >= 11 is 3.55. The van der Waals surface area contributed by atoms with Gasteiger partial charge in [-0.3, -0.25) is 0 Å². The molecule has 0 spiro atoms. The van der Waals surface area contributed by atoms with Crippen LogP contribution < -0.4 is 5.73 Å². The lowest BCUT2D eigenvalue weighted by Crippen LogP contribution is -2.09. The molecule has 0 saturated heterocycles. The standard InChI is InChI=1S/C16H23N3S2/c1-9(2)6-7-20-16-18-14(17)13-11-8-10(3)4-5-12(11)21-15(13)19-16/h9-10H,4-8H2,1-3H3,(H2,17,18,19)/t10-/m1/s1. The quantitative estimate of drug-likeness (QED) is 0.663. The van der Waals surface area contributed by atoms with E-state index in [0.717, 1.165) is 33.5 Å². The summed E-state index contributed by atoms with van der Waals surface area (Å²) in [6.45, 7) is 6.81. The highest BCUT2D eigenvalue weighted by molar-refractivity contribution is 7.99. The minimum atomic E-state index is 0.679. The molecule has 1 aliphatic carbocycles. The third-order valence-electron chi connectivity index (χ3n) is 4.08. The summed E-state index contributed by atoms with van der Waals surface area (Å²) in [5.74, 6) is 3.20. The third kappa shape index (κ3) is 3.19. The zero-order valence-electron chi connectivity index (χ0n) is 13.0. The van der Waals surface area contributed by atoms with Crippen molar-refractivity contribution < 1.29 is 0 Å². The molecule has 2 aromatic heterocycles. The second-order valence-corrected chi connectivity index (χ2v) is 8.60. The molecule has 3 rings (SSSR count). The SMILES string of the molecule is CC(C)CCSc1nc(N)c2c3c(sc2n1)CC[C@@H](C)C3. The molecular weight excluding hydrogens is 298 g/mol. The molecule has 1 aliphatic rings. The van der Waals surface area contributed by atoms with Crippen LogP contribution in [0.5, 0.6) is 0 Å². The van der Waals surface area contributed by atoms with E-state index in [4.69, 9.17) is 10.7 Å². The number of aryl methyl sites for hydroxylation is 1. The Balaban J connectivity index is 1.90. The molecule has 0 amide bonds. The van der Waals surface area contributed by atoms with Crippen molar-refractivity contribution in [2.24, 2.45) is 11.8 Å². The van der Waals surface area contributed by atoms with Crippen LogP contribution in [0.15, 0.2) is 5.16 Å². The van der Waals surface area contributed by atoms with Crippen LogP contribution in [0.25, 0.3) is 10.2 Å². The Bertz CT molecular complexity index is 648. The number of nitrogen functional groups attached to an aromatic ring is 1. The van der Waals surface area contributed by atoms with Crippen LogP contribution in [0.3, 0.4) is 0 Å². The van der Waals surface area contributed by atoms with E-state index >= 15 is 0 Å². The zero-order valence-corrected chi connectivity index (χ0v) is 14.6. The van der Waals surface area contributed by atoms with Crippen molar-refractivity contribution in [3.8, 4) is 0 Å². The van der Waals surface area contributed by atoms with Gasteiger partial charge in [0.05, 0.1) is 5.39 Å². The molecule has 2 N–H and O–H groups in total. The first kappa shape index (κ1) is 15.1. The minimum Gasteiger partial charge on any atom is -0.383 e. The maximum absolute atomic E-state index is 6.24. The smallest absolute Gasteiger partial charge is 0.190 e. The van der Waals surface area contributed by atoms with Gasteiger partial charge in [-0.25, -0.2) is 9.97 Å². The van der Waals surface area contributed by atoms with Gasteiger partial charge in [0.25, 0.3) is 0 Å². The number of nitrogens with two attached hydrogens (primary N) is 1. The van der Waals surface area contributed by atoms with Gasteiger partial charge in [0, 0.05) is 10.6 Å². The van der Waals surface area contributed by atoms with Crippen molar-refractivity contribution in [3.63, 3.8) is 0 Å². The fourth-order valence-corrected chi connectivity index (χ4v) is 5.18. The van der Waals surface area contributed by atoms with Crippen molar-refractivity contribution in [3.05, 3.63) is 10.4 Å². The summed E-state index contributed by atoms with van der Waals surface area (Å²) in [6, 6.07) is 0. The van der Waals surface area contributed by atoms with Crippen molar-refractivity contribution in [1.82, 2.24) is 9.97 Å². The molecule has 0 unspecified atom stereocenters. The molecule has 2 aromatic rings. The van der Waals surface area contributed by atoms with E-state index in [-0.39, 0.29) is 0 Å². The van der Waals surface area contributed by atoms with E-state index in [9.17, 15) is 0 Å². The van der Waals surface area contributed by atoms with Crippen molar-refractivity contribution in [2.75, 3.05) is 11.5 Å². The molecule has 21 heavy (non-hydrogen) atoms. The first-order valence-electron chi connectivity index (χ1n) is 7.75. The topological polar surface area (TPSA) is 51.8 Å². The van der Waals surface area contributed by atoms with Crippen LogP contribution in [0, 0.1) is 11.8 Å². The molecule has 0 radical (unpaired) electrons. The van der Waals surface area contributed by atoms with Gasteiger partial charge in [0.15, 0.2) is 5.16 Å². The average molecular weight is 322 g/mol. The predicted molar refractivity (Wildman–Crippen MR) is 93.2 cm³/mol. The van der Waals surface area contributed by atoms with Gasteiger partial charge < -0.3 is 5.73 Å². The summed E-state index contributed by atoms with van der Waals surface area (Å²) in [4.78, 5) is 11.9. The lowest BCUT2D eigenvalue weighted by atomic mass is 9.89. The number of fused-ring (bicyclic) bond motifs is 3. The molecule has 1 atom stereocenters. The van der Waals surface area contributed by atoms with Gasteiger partial charge in [-0.2, -0.15) is 0 Å². The molecule has 0 aromatic carbocycles.